The van der Waals surface area contributed by atoms with Crippen LogP contribution < -0.4 is 15.2 Å². The number of carbonyl (C=O) groups is 2. The maximum atomic E-state index is 12.4. The number of nitrogens with two attached hydrogens (primary N) is 1. The lowest BCUT2D eigenvalue weighted by Gasteiger charge is -2.12. The number of Topliss-reactive ketones (excluding diaryl/α,β-unsaturated/α-hetero) is 1. The number of benzene rings is 2. The molecule has 2 aromatic rings. The zero-order chi connectivity index (χ0) is 17.0. The van der Waals surface area contributed by atoms with E-state index in [2.05, 4.69) is 0 Å². The highest BCUT2D eigenvalue weighted by molar-refractivity contribution is 5.99. The molecule has 0 aromatic heterocycles. The van der Waals surface area contributed by atoms with E-state index < -0.39 is 5.91 Å². The summed E-state index contributed by atoms with van der Waals surface area (Å²) in [6, 6.07) is 10.3. The van der Waals surface area contributed by atoms with Crippen molar-refractivity contribution in [3.8, 4) is 11.5 Å². The predicted octanol–water partition coefficient (Wildman–Crippen LogP) is 2.67. The van der Waals surface area contributed by atoms with Gasteiger partial charge >= 0.3 is 0 Å². The van der Waals surface area contributed by atoms with E-state index in [9.17, 15) is 9.59 Å². The predicted molar refractivity (Wildman–Crippen MR) is 87.3 cm³/mol. The van der Waals surface area contributed by atoms with Gasteiger partial charge in [-0.15, -0.1) is 0 Å². The summed E-state index contributed by atoms with van der Waals surface area (Å²) in [6.45, 7) is 3.61. The van der Waals surface area contributed by atoms with E-state index in [1.165, 1.54) is 19.2 Å². The Labute approximate surface area is 135 Å². The summed E-state index contributed by atoms with van der Waals surface area (Å²) in [4.78, 5) is 23.8. The average molecular weight is 313 g/mol. The second kappa shape index (κ2) is 6.96. The van der Waals surface area contributed by atoms with E-state index in [1.54, 1.807) is 6.07 Å². The maximum Gasteiger partial charge on any atom is 0.252 e. The largest absolute Gasteiger partial charge is 0.497 e. The van der Waals surface area contributed by atoms with Crippen LogP contribution in [0.1, 0.15) is 31.8 Å². The number of amides is 1. The first kappa shape index (κ1) is 16.5. The molecule has 0 aliphatic carbocycles. The molecule has 0 aliphatic rings. The molecule has 0 aliphatic heterocycles. The number of hydrogen-bond acceptors (Lipinski definition) is 4. The summed E-state index contributed by atoms with van der Waals surface area (Å²) in [6.07, 6.45) is 0. The van der Waals surface area contributed by atoms with Crippen LogP contribution in [-0.2, 0) is 0 Å². The van der Waals surface area contributed by atoms with Crippen molar-refractivity contribution in [2.75, 3.05) is 13.7 Å². The van der Waals surface area contributed by atoms with Gasteiger partial charge < -0.3 is 15.2 Å². The Hall–Kier alpha value is -2.82. The number of ether oxygens (including phenoxy) is 2. The molecule has 2 rings (SSSR count). The molecule has 0 saturated heterocycles. The lowest BCUT2D eigenvalue weighted by molar-refractivity contribution is 0.0911. The molecule has 0 fully saturated rings. The van der Waals surface area contributed by atoms with Crippen molar-refractivity contribution < 1.29 is 19.1 Å². The van der Waals surface area contributed by atoms with E-state index in [-0.39, 0.29) is 23.7 Å². The fourth-order valence-electron chi connectivity index (χ4n) is 2.21. The van der Waals surface area contributed by atoms with Gasteiger partial charge in [-0.3, -0.25) is 9.59 Å². The van der Waals surface area contributed by atoms with Gasteiger partial charge in [0, 0.05) is 11.6 Å². The van der Waals surface area contributed by atoms with Crippen molar-refractivity contribution in [1.29, 1.82) is 0 Å². The Balaban J connectivity index is 2.21. The van der Waals surface area contributed by atoms with Gasteiger partial charge in [0.05, 0.1) is 12.7 Å². The molecule has 2 N–H and O–H groups in total. The third-order valence-corrected chi connectivity index (χ3v) is 3.51. The fraction of sp³-hybridized carbons (Fsp3) is 0.222. The van der Waals surface area contributed by atoms with E-state index in [4.69, 9.17) is 15.2 Å². The molecule has 1 amide bonds. The van der Waals surface area contributed by atoms with Crippen LogP contribution in [0.25, 0.3) is 0 Å². The summed E-state index contributed by atoms with van der Waals surface area (Å²) in [5, 5.41) is 0. The number of methoxy groups -OCH3 is 1. The Kier molecular flexibility index (Phi) is 5.01. The molecule has 0 spiro atoms. The lowest BCUT2D eigenvalue weighted by atomic mass is 10.0. The minimum absolute atomic E-state index is 0.163. The normalized spacial score (nSPS) is 10.2. The molecule has 0 bridgehead atoms. The van der Waals surface area contributed by atoms with Crippen molar-refractivity contribution in [3.05, 3.63) is 58.7 Å². The first-order chi connectivity index (χ1) is 10.9. The van der Waals surface area contributed by atoms with Crippen LogP contribution in [0.5, 0.6) is 11.5 Å². The Morgan fingerprint density at radius 3 is 2.43 bits per heavy atom. The summed E-state index contributed by atoms with van der Waals surface area (Å²) in [5.41, 5.74) is 8.01. The second-order valence-corrected chi connectivity index (χ2v) is 5.26. The highest BCUT2D eigenvalue weighted by Crippen LogP contribution is 2.25. The molecule has 5 heteroatoms. The van der Waals surface area contributed by atoms with E-state index >= 15 is 0 Å². The first-order valence-corrected chi connectivity index (χ1v) is 7.13. The van der Waals surface area contributed by atoms with Gasteiger partial charge in [0.2, 0.25) is 0 Å². The van der Waals surface area contributed by atoms with Crippen molar-refractivity contribution in [2.45, 2.75) is 13.8 Å². The number of carbonyl (C=O) groups excluding carboxylic acids is 2. The number of rotatable bonds is 6. The summed E-state index contributed by atoms with van der Waals surface area (Å²) in [5.74, 6) is -0.0361. The fourth-order valence-corrected chi connectivity index (χ4v) is 2.21. The monoisotopic (exact) mass is 313 g/mol. The van der Waals surface area contributed by atoms with Crippen LogP contribution in [0.3, 0.4) is 0 Å². The molecule has 120 valence electrons. The number of ketones is 1. The Morgan fingerprint density at radius 2 is 1.78 bits per heavy atom. The minimum Gasteiger partial charge on any atom is -0.497 e. The molecule has 0 saturated carbocycles. The van der Waals surface area contributed by atoms with Crippen molar-refractivity contribution in [2.24, 2.45) is 5.73 Å². The quantitative estimate of drug-likeness (QED) is 0.832. The van der Waals surface area contributed by atoms with Crippen LogP contribution in [-0.4, -0.2) is 25.4 Å². The van der Waals surface area contributed by atoms with Gasteiger partial charge in [-0.05, 0) is 37.6 Å². The molecule has 0 radical (unpaired) electrons. The smallest absolute Gasteiger partial charge is 0.252 e. The van der Waals surface area contributed by atoms with E-state index in [1.807, 2.05) is 32.0 Å². The third kappa shape index (κ3) is 3.88. The maximum absolute atomic E-state index is 12.4. The Bertz CT molecular complexity index is 753. The zero-order valence-corrected chi connectivity index (χ0v) is 13.4. The molecule has 5 nitrogen and oxygen atoms in total. The molecular formula is C18H19NO4. The molecule has 23 heavy (non-hydrogen) atoms. The number of hydrogen-bond donors (Lipinski definition) is 1. The third-order valence-electron chi connectivity index (χ3n) is 3.51. The van der Waals surface area contributed by atoms with Crippen LogP contribution in [0, 0.1) is 13.8 Å². The Morgan fingerprint density at radius 1 is 1.04 bits per heavy atom. The summed E-state index contributed by atoms with van der Waals surface area (Å²) < 4.78 is 10.6. The van der Waals surface area contributed by atoms with Gasteiger partial charge in [0.25, 0.3) is 5.91 Å². The molecular weight excluding hydrogens is 294 g/mol. The van der Waals surface area contributed by atoms with Crippen LogP contribution in [0.2, 0.25) is 0 Å². The average Bonchev–Trinajstić information content (AvgIpc) is 2.54. The van der Waals surface area contributed by atoms with Gasteiger partial charge in [-0.1, -0.05) is 17.7 Å². The molecule has 0 atom stereocenters. The molecule has 2 aromatic carbocycles. The van der Waals surface area contributed by atoms with Gasteiger partial charge in [-0.25, -0.2) is 0 Å². The lowest BCUT2D eigenvalue weighted by Crippen LogP contribution is -2.17. The van der Waals surface area contributed by atoms with Gasteiger partial charge in [-0.2, -0.15) is 0 Å². The summed E-state index contributed by atoms with van der Waals surface area (Å²) >= 11 is 0. The zero-order valence-electron chi connectivity index (χ0n) is 13.4. The van der Waals surface area contributed by atoms with Crippen LogP contribution >= 0.6 is 0 Å². The van der Waals surface area contributed by atoms with Crippen molar-refractivity contribution >= 4 is 11.7 Å². The van der Waals surface area contributed by atoms with Gasteiger partial charge in [0.15, 0.2) is 12.4 Å². The second-order valence-electron chi connectivity index (χ2n) is 5.26. The highest BCUT2D eigenvalue weighted by Gasteiger charge is 2.14. The van der Waals surface area contributed by atoms with E-state index in [0.717, 1.165) is 11.1 Å². The van der Waals surface area contributed by atoms with Crippen molar-refractivity contribution in [1.82, 2.24) is 0 Å². The SMILES string of the molecule is COc1ccc(C(N)=O)c(OCC(=O)c2cc(C)ccc2C)c1. The first-order valence-electron chi connectivity index (χ1n) is 7.13. The van der Waals surface area contributed by atoms with Crippen LogP contribution in [0.4, 0.5) is 0 Å². The molecule has 0 heterocycles. The van der Waals surface area contributed by atoms with Crippen molar-refractivity contribution in [3.63, 3.8) is 0 Å². The topological polar surface area (TPSA) is 78.6 Å². The highest BCUT2D eigenvalue weighted by atomic mass is 16.5. The standard InChI is InChI=1S/C18H19NO4/c1-11-4-5-12(2)15(8-11)16(20)10-23-17-9-13(22-3)6-7-14(17)18(19)21/h4-9H,10H2,1-3H3,(H2,19,21). The molecule has 0 unspecified atom stereocenters. The summed E-state index contributed by atoms with van der Waals surface area (Å²) in [7, 11) is 1.50. The number of primary amides is 1. The minimum atomic E-state index is -0.623. The van der Waals surface area contributed by atoms with Gasteiger partial charge in [0.1, 0.15) is 11.5 Å². The van der Waals surface area contributed by atoms with Crippen LogP contribution in [0.15, 0.2) is 36.4 Å². The number of aryl methyl sites for hydroxylation is 2. The van der Waals surface area contributed by atoms with E-state index in [0.29, 0.717) is 11.3 Å².